The predicted molar refractivity (Wildman–Crippen MR) is 87.3 cm³/mol. The van der Waals surface area contributed by atoms with Gasteiger partial charge in [-0.05, 0) is 39.0 Å². The van der Waals surface area contributed by atoms with Gasteiger partial charge in [0.2, 0.25) is 0 Å². The molecule has 0 bridgehead atoms. The maximum absolute atomic E-state index is 13.5. The van der Waals surface area contributed by atoms with Crippen molar-refractivity contribution < 1.29 is 13.0 Å². The van der Waals surface area contributed by atoms with Gasteiger partial charge < -0.3 is 10.6 Å². The summed E-state index contributed by atoms with van der Waals surface area (Å²) in [7, 11) is 0.624. The standard InChI is InChI=1S/C15H23F2N3OS/c1-15(2,3)22(21)8-7-19-14(18-4)20-10-11-9-12(16)5-6-13(11)17/h5-6,9H,7-8,10H2,1-4H3,(H2,18,19,20). The molecule has 0 aromatic heterocycles. The monoisotopic (exact) mass is 331 g/mol. The SMILES string of the molecule is CN=C(NCCS(=O)C(C)(C)C)NCc1cc(F)ccc1F. The highest BCUT2D eigenvalue weighted by Gasteiger charge is 2.18. The second-order valence-corrected chi connectivity index (χ2v) is 8.07. The Morgan fingerprint density at radius 2 is 1.95 bits per heavy atom. The van der Waals surface area contributed by atoms with Gasteiger partial charge in [-0.3, -0.25) is 9.20 Å². The molecule has 1 unspecified atom stereocenters. The van der Waals surface area contributed by atoms with Crippen molar-refractivity contribution in [3.63, 3.8) is 0 Å². The lowest BCUT2D eigenvalue weighted by atomic mass is 10.2. The van der Waals surface area contributed by atoms with E-state index >= 15 is 0 Å². The highest BCUT2D eigenvalue weighted by Crippen LogP contribution is 2.10. The fourth-order valence-corrected chi connectivity index (χ4v) is 2.55. The van der Waals surface area contributed by atoms with E-state index in [1.54, 1.807) is 7.05 Å². The van der Waals surface area contributed by atoms with Gasteiger partial charge in [0.25, 0.3) is 0 Å². The van der Waals surface area contributed by atoms with E-state index in [1.165, 1.54) is 0 Å². The molecule has 2 N–H and O–H groups in total. The Hall–Kier alpha value is -1.50. The molecule has 0 saturated carbocycles. The van der Waals surface area contributed by atoms with E-state index < -0.39 is 22.4 Å². The topological polar surface area (TPSA) is 53.5 Å². The minimum absolute atomic E-state index is 0.117. The van der Waals surface area contributed by atoms with E-state index in [2.05, 4.69) is 15.6 Å². The van der Waals surface area contributed by atoms with Gasteiger partial charge in [-0.1, -0.05) is 0 Å². The minimum atomic E-state index is -0.957. The van der Waals surface area contributed by atoms with Gasteiger partial charge >= 0.3 is 0 Å². The molecule has 124 valence electrons. The van der Waals surface area contributed by atoms with Crippen LogP contribution in [0.2, 0.25) is 0 Å². The maximum Gasteiger partial charge on any atom is 0.191 e. The molecule has 0 aliphatic rings. The van der Waals surface area contributed by atoms with Crippen LogP contribution in [0.25, 0.3) is 0 Å². The molecule has 22 heavy (non-hydrogen) atoms. The summed E-state index contributed by atoms with van der Waals surface area (Å²) in [5, 5.41) is 5.91. The lowest BCUT2D eigenvalue weighted by Crippen LogP contribution is -2.40. The van der Waals surface area contributed by atoms with Gasteiger partial charge in [-0.25, -0.2) is 8.78 Å². The second kappa shape index (κ2) is 8.22. The molecule has 7 heteroatoms. The van der Waals surface area contributed by atoms with Crippen LogP contribution in [0.15, 0.2) is 23.2 Å². The van der Waals surface area contributed by atoms with Crippen molar-refractivity contribution in [3.8, 4) is 0 Å². The van der Waals surface area contributed by atoms with Crippen molar-refractivity contribution in [1.82, 2.24) is 10.6 Å². The van der Waals surface area contributed by atoms with Gasteiger partial charge in [-0.2, -0.15) is 0 Å². The summed E-state index contributed by atoms with van der Waals surface area (Å²) >= 11 is 0. The molecule has 1 aromatic carbocycles. The highest BCUT2D eigenvalue weighted by atomic mass is 32.2. The average Bonchev–Trinajstić information content (AvgIpc) is 2.44. The molecule has 0 amide bonds. The van der Waals surface area contributed by atoms with Gasteiger partial charge in [0.15, 0.2) is 5.96 Å². The first-order valence-electron chi connectivity index (χ1n) is 7.01. The smallest absolute Gasteiger partial charge is 0.191 e. The third-order valence-corrected chi connectivity index (χ3v) is 4.88. The Balaban J connectivity index is 2.47. The Morgan fingerprint density at radius 1 is 1.27 bits per heavy atom. The molecule has 0 aliphatic heterocycles. The predicted octanol–water partition coefficient (Wildman–Crippen LogP) is 2.18. The van der Waals surface area contributed by atoms with Crippen molar-refractivity contribution >= 4 is 16.8 Å². The number of nitrogens with zero attached hydrogens (tertiary/aromatic N) is 1. The molecule has 1 rings (SSSR count). The molecule has 0 fully saturated rings. The van der Waals surface area contributed by atoms with Crippen LogP contribution in [0.1, 0.15) is 26.3 Å². The van der Waals surface area contributed by atoms with Crippen LogP contribution in [0.5, 0.6) is 0 Å². The van der Waals surface area contributed by atoms with E-state index in [-0.39, 0.29) is 16.9 Å². The summed E-state index contributed by atoms with van der Waals surface area (Å²) in [6, 6.07) is 3.31. The normalized spacial score (nSPS) is 13.8. The largest absolute Gasteiger partial charge is 0.355 e. The van der Waals surface area contributed by atoms with Crippen LogP contribution in [0.4, 0.5) is 8.78 Å². The molecule has 4 nitrogen and oxygen atoms in total. The first-order valence-corrected chi connectivity index (χ1v) is 8.33. The number of halogens is 2. The van der Waals surface area contributed by atoms with Crippen molar-refractivity contribution in [2.45, 2.75) is 32.1 Å². The second-order valence-electron chi connectivity index (χ2n) is 5.75. The molecule has 0 heterocycles. The fourth-order valence-electron chi connectivity index (χ4n) is 1.65. The zero-order chi connectivity index (χ0) is 16.8. The lowest BCUT2D eigenvalue weighted by Gasteiger charge is -2.18. The van der Waals surface area contributed by atoms with Crippen LogP contribution >= 0.6 is 0 Å². The molecule has 0 saturated heterocycles. The van der Waals surface area contributed by atoms with Gasteiger partial charge in [0.05, 0.1) is 0 Å². The van der Waals surface area contributed by atoms with Crippen LogP contribution in [0, 0.1) is 11.6 Å². The lowest BCUT2D eigenvalue weighted by molar-refractivity contribution is 0.581. The number of nitrogens with one attached hydrogen (secondary N) is 2. The number of aliphatic imine (C=N–C) groups is 1. The van der Waals surface area contributed by atoms with Crippen LogP contribution < -0.4 is 10.6 Å². The average molecular weight is 331 g/mol. The molecular formula is C15H23F2N3OS. The van der Waals surface area contributed by atoms with Crippen molar-refractivity contribution in [2.75, 3.05) is 19.3 Å². The molecule has 0 aliphatic carbocycles. The van der Waals surface area contributed by atoms with Crippen molar-refractivity contribution in [3.05, 3.63) is 35.4 Å². The number of rotatable bonds is 5. The number of guanidine groups is 1. The highest BCUT2D eigenvalue weighted by molar-refractivity contribution is 7.86. The summed E-state index contributed by atoms with van der Waals surface area (Å²) in [4.78, 5) is 3.99. The Morgan fingerprint density at radius 3 is 2.55 bits per heavy atom. The molecule has 1 aromatic rings. The summed E-state index contributed by atoms with van der Waals surface area (Å²) in [6.45, 7) is 6.36. The van der Waals surface area contributed by atoms with Crippen molar-refractivity contribution in [1.29, 1.82) is 0 Å². The summed E-state index contributed by atoms with van der Waals surface area (Å²) < 4.78 is 38.2. The van der Waals surface area contributed by atoms with E-state index in [1.807, 2.05) is 20.8 Å². The first kappa shape index (κ1) is 18.5. The van der Waals surface area contributed by atoms with E-state index in [4.69, 9.17) is 0 Å². The third-order valence-electron chi connectivity index (χ3n) is 2.94. The van der Waals surface area contributed by atoms with Gasteiger partial charge in [0, 0.05) is 47.0 Å². The Kier molecular flexibility index (Phi) is 6.93. The number of hydrogen-bond acceptors (Lipinski definition) is 2. The Labute approximate surface area is 132 Å². The number of benzene rings is 1. The molecule has 0 radical (unpaired) electrons. The molecule has 1 atom stereocenters. The van der Waals surface area contributed by atoms with Crippen LogP contribution in [-0.2, 0) is 17.3 Å². The maximum atomic E-state index is 13.5. The zero-order valence-corrected chi connectivity index (χ0v) is 14.2. The third kappa shape index (κ3) is 6.09. The van der Waals surface area contributed by atoms with Gasteiger partial charge in [-0.15, -0.1) is 0 Å². The van der Waals surface area contributed by atoms with E-state index in [9.17, 15) is 13.0 Å². The molecule has 0 spiro atoms. The summed E-state index contributed by atoms with van der Waals surface area (Å²) in [6.07, 6.45) is 0. The first-order chi connectivity index (χ1) is 10.2. The van der Waals surface area contributed by atoms with Crippen molar-refractivity contribution in [2.24, 2.45) is 4.99 Å². The van der Waals surface area contributed by atoms with E-state index in [0.717, 1.165) is 18.2 Å². The summed E-state index contributed by atoms with van der Waals surface area (Å²) in [5.74, 6) is -0.0205. The minimum Gasteiger partial charge on any atom is -0.355 e. The van der Waals surface area contributed by atoms with Crippen LogP contribution in [0.3, 0.4) is 0 Å². The number of hydrogen-bond donors (Lipinski definition) is 2. The van der Waals surface area contributed by atoms with Gasteiger partial charge in [0.1, 0.15) is 11.6 Å². The molecular weight excluding hydrogens is 308 g/mol. The Bertz CT molecular complexity index is 556. The zero-order valence-electron chi connectivity index (χ0n) is 13.4. The quantitative estimate of drug-likeness (QED) is 0.642. The summed E-state index contributed by atoms with van der Waals surface area (Å²) in [5.41, 5.74) is 0.223. The van der Waals surface area contributed by atoms with E-state index in [0.29, 0.717) is 18.3 Å². The fraction of sp³-hybridized carbons (Fsp3) is 0.533. The van der Waals surface area contributed by atoms with Crippen LogP contribution in [-0.4, -0.2) is 34.3 Å².